The van der Waals surface area contributed by atoms with E-state index in [0.717, 1.165) is 63.4 Å². The molecular formula is C29H32Cl2N4OS2. The first-order chi connectivity index (χ1) is 18.4. The second-order valence-corrected chi connectivity index (χ2v) is 11.7. The highest BCUT2D eigenvalue weighted by molar-refractivity contribution is 8.00. The quantitative estimate of drug-likeness (QED) is 0.230. The van der Waals surface area contributed by atoms with E-state index < -0.39 is 11.0 Å². The summed E-state index contributed by atoms with van der Waals surface area (Å²) >= 11 is 13.2. The van der Waals surface area contributed by atoms with Gasteiger partial charge < -0.3 is 10.5 Å². The Bertz CT molecular complexity index is 1370. The number of nitrogens with one attached hydrogen (secondary N) is 1. The first kappa shape index (κ1) is 30.0. The van der Waals surface area contributed by atoms with Gasteiger partial charge in [-0.25, -0.2) is 4.21 Å². The molecule has 1 atom stereocenters. The van der Waals surface area contributed by atoms with Gasteiger partial charge in [0.05, 0.1) is 10.7 Å². The minimum absolute atomic E-state index is 0.639. The van der Waals surface area contributed by atoms with Crippen molar-refractivity contribution < 1.29 is 4.21 Å². The number of hydrogen-bond acceptors (Lipinski definition) is 5. The van der Waals surface area contributed by atoms with E-state index in [1.54, 1.807) is 6.92 Å². The van der Waals surface area contributed by atoms with Crippen LogP contribution < -0.4 is 14.8 Å². The highest BCUT2D eigenvalue weighted by Gasteiger charge is 2.18. The molecule has 0 saturated carbocycles. The summed E-state index contributed by atoms with van der Waals surface area (Å²) in [5.41, 5.74) is 8.24. The second-order valence-electron chi connectivity index (χ2n) is 8.28. The zero-order valence-corrected chi connectivity index (χ0v) is 24.6. The minimum Gasteiger partial charge on any atom is -0.333 e. The smallest absolute Gasteiger partial charge is 0.119 e. The first-order valence-electron chi connectivity index (χ1n) is 12.1. The van der Waals surface area contributed by atoms with Crippen LogP contribution >= 0.6 is 35.1 Å². The summed E-state index contributed by atoms with van der Waals surface area (Å²) in [4.78, 5) is 5.69. The molecule has 9 heteroatoms. The maximum Gasteiger partial charge on any atom is 0.119 e. The van der Waals surface area contributed by atoms with Crippen molar-refractivity contribution in [1.29, 1.82) is 0 Å². The standard InChI is InChI=1S/C25H22ClN3OS2.C3H5Cl.CH5N/c26-24-12-7-19(17-23(24)25-22-6-2-1-5-18(22)13-14-27-25)28-31-21-10-8-20(9-11-21)29-15-3-4-16-32(29)30;1-3(2)4;1-2/h1-2,5-14,17,28H,3-4,15-16H2;1H2,2H3;2H2,1H3. The molecule has 0 aliphatic carbocycles. The summed E-state index contributed by atoms with van der Waals surface area (Å²) < 4.78 is 17.7. The van der Waals surface area contributed by atoms with Crippen LogP contribution in [0.25, 0.3) is 22.0 Å². The van der Waals surface area contributed by atoms with Crippen molar-refractivity contribution in [2.24, 2.45) is 5.73 Å². The number of hydrogen-bond donors (Lipinski definition) is 2. The molecule has 0 amide bonds. The molecule has 4 aromatic rings. The van der Waals surface area contributed by atoms with Gasteiger partial charge in [-0.1, -0.05) is 54.0 Å². The molecule has 200 valence electrons. The van der Waals surface area contributed by atoms with Gasteiger partial charge in [0.2, 0.25) is 0 Å². The molecule has 5 rings (SSSR count). The van der Waals surface area contributed by atoms with E-state index in [0.29, 0.717) is 10.1 Å². The molecule has 3 aromatic carbocycles. The number of pyridine rings is 1. The Morgan fingerprint density at radius 3 is 2.50 bits per heavy atom. The molecule has 1 aliphatic rings. The highest BCUT2D eigenvalue weighted by atomic mass is 35.5. The molecule has 5 nitrogen and oxygen atoms in total. The fraction of sp³-hybridized carbons (Fsp3) is 0.207. The molecule has 38 heavy (non-hydrogen) atoms. The van der Waals surface area contributed by atoms with Gasteiger partial charge >= 0.3 is 0 Å². The topological polar surface area (TPSA) is 71.2 Å². The van der Waals surface area contributed by atoms with E-state index in [1.807, 2.05) is 59.0 Å². The molecular weight excluding hydrogens is 555 g/mol. The minimum atomic E-state index is -0.910. The van der Waals surface area contributed by atoms with Crippen LogP contribution in [0.4, 0.5) is 11.4 Å². The van der Waals surface area contributed by atoms with Crippen molar-refractivity contribution in [2.75, 3.05) is 28.4 Å². The van der Waals surface area contributed by atoms with Gasteiger partial charge in [-0.3, -0.25) is 9.29 Å². The van der Waals surface area contributed by atoms with Gasteiger partial charge in [0.15, 0.2) is 0 Å². The van der Waals surface area contributed by atoms with Gasteiger partial charge in [0.1, 0.15) is 11.0 Å². The van der Waals surface area contributed by atoms with E-state index in [9.17, 15) is 4.21 Å². The largest absolute Gasteiger partial charge is 0.333 e. The van der Waals surface area contributed by atoms with Crippen LogP contribution in [0.5, 0.6) is 0 Å². The van der Waals surface area contributed by atoms with Crippen LogP contribution in [0, 0.1) is 0 Å². The second kappa shape index (κ2) is 15.1. The van der Waals surface area contributed by atoms with Gasteiger partial charge in [0, 0.05) is 50.7 Å². The Morgan fingerprint density at radius 2 is 1.79 bits per heavy atom. The van der Waals surface area contributed by atoms with Crippen LogP contribution in [0.1, 0.15) is 19.8 Å². The first-order valence-corrected chi connectivity index (χ1v) is 15.0. The third-order valence-electron chi connectivity index (χ3n) is 5.48. The molecule has 0 radical (unpaired) electrons. The lowest BCUT2D eigenvalue weighted by molar-refractivity contribution is 0.660. The molecule has 2 heterocycles. The third-order valence-corrected chi connectivity index (χ3v) is 8.18. The van der Waals surface area contributed by atoms with Gasteiger partial charge in [-0.05, 0) is 92.7 Å². The number of fused-ring (bicyclic) bond motifs is 1. The zero-order chi connectivity index (χ0) is 27.5. The molecule has 1 unspecified atom stereocenters. The Labute approximate surface area is 242 Å². The summed E-state index contributed by atoms with van der Waals surface area (Å²) in [7, 11) is 0.590. The van der Waals surface area contributed by atoms with Crippen molar-refractivity contribution in [3.8, 4) is 11.3 Å². The summed E-state index contributed by atoms with van der Waals surface area (Å²) in [5.74, 6) is 0.752. The normalized spacial score (nSPS) is 14.6. The van der Waals surface area contributed by atoms with Gasteiger partial charge in [-0.15, -0.1) is 0 Å². The number of nitrogens with zero attached hydrogens (tertiary/aromatic N) is 2. The SMILES string of the molecule is C=C(C)Cl.CN.O=S1CCCCN1c1ccc(SNc2ccc(Cl)c(-c3nccc4ccccc34)c2)cc1. The predicted octanol–water partition coefficient (Wildman–Crippen LogP) is 8.27. The molecule has 1 aromatic heterocycles. The molecule has 3 N–H and O–H groups in total. The predicted molar refractivity (Wildman–Crippen MR) is 168 cm³/mol. The Hall–Kier alpha value is -2.55. The maximum atomic E-state index is 12.3. The van der Waals surface area contributed by atoms with E-state index >= 15 is 0 Å². The number of halogens is 2. The molecule has 0 bridgehead atoms. The number of nitrogens with two attached hydrogens (primary N) is 1. The van der Waals surface area contributed by atoms with Crippen LogP contribution in [0.3, 0.4) is 0 Å². The van der Waals surface area contributed by atoms with Crippen LogP contribution in [0.2, 0.25) is 5.02 Å². The number of allylic oxidation sites excluding steroid dienone is 1. The van der Waals surface area contributed by atoms with Crippen LogP contribution in [0.15, 0.2) is 95.5 Å². The van der Waals surface area contributed by atoms with E-state index in [1.165, 1.54) is 19.0 Å². The Kier molecular flexibility index (Phi) is 12.0. The molecule has 1 aliphatic heterocycles. The number of anilines is 2. The van der Waals surface area contributed by atoms with Crippen molar-refractivity contribution in [3.05, 3.63) is 95.6 Å². The van der Waals surface area contributed by atoms with Crippen LogP contribution in [-0.4, -0.2) is 28.5 Å². The fourth-order valence-electron chi connectivity index (χ4n) is 3.84. The lowest BCUT2D eigenvalue weighted by Gasteiger charge is -2.27. The lowest BCUT2D eigenvalue weighted by atomic mass is 10.0. The van der Waals surface area contributed by atoms with Gasteiger partial charge in [0.25, 0.3) is 0 Å². The molecule has 0 spiro atoms. The third kappa shape index (κ3) is 8.22. The average Bonchev–Trinajstić information content (AvgIpc) is 2.94. The summed E-state index contributed by atoms with van der Waals surface area (Å²) in [6.45, 7) is 5.91. The number of benzene rings is 3. The monoisotopic (exact) mass is 586 g/mol. The zero-order valence-electron chi connectivity index (χ0n) is 21.5. The lowest BCUT2D eigenvalue weighted by Crippen LogP contribution is -2.32. The average molecular weight is 588 g/mol. The van der Waals surface area contributed by atoms with Crippen molar-refractivity contribution in [2.45, 2.75) is 24.7 Å². The summed E-state index contributed by atoms with van der Waals surface area (Å²) in [5, 5.41) is 3.52. The van der Waals surface area contributed by atoms with Crippen molar-refractivity contribution in [1.82, 2.24) is 4.98 Å². The Balaban J connectivity index is 0.000000612. The summed E-state index contributed by atoms with van der Waals surface area (Å²) in [6.07, 6.45) is 3.95. The number of rotatable bonds is 5. The van der Waals surface area contributed by atoms with Crippen molar-refractivity contribution >= 4 is 68.3 Å². The molecule has 1 fully saturated rings. The summed E-state index contributed by atoms with van der Waals surface area (Å²) in [6, 6.07) is 24.3. The maximum absolute atomic E-state index is 12.3. The van der Waals surface area contributed by atoms with E-state index in [-0.39, 0.29) is 0 Å². The van der Waals surface area contributed by atoms with E-state index in [4.69, 9.17) is 23.2 Å². The highest BCUT2D eigenvalue weighted by Crippen LogP contribution is 2.35. The van der Waals surface area contributed by atoms with Gasteiger partial charge in [-0.2, -0.15) is 0 Å². The number of aromatic nitrogens is 1. The van der Waals surface area contributed by atoms with Crippen molar-refractivity contribution in [3.63, 3.8) is 0 Å². The van der Waals surface area contributed by atoms with Crippen LogP contribution in [-0.2, 0) is 11.0 Å². The Morgan fingerprint density at radius 1 is 1.08 bits per heavy atom. The molecule has 1 saturated heterocycles. The van der Waals surface area contributed by atoms with E-state index in [2.05, 4.69) is 46.3 Å². The fourth-order valence-corrected chi connectivity index (χ4v) is 6.05.